The van der Waals surface area contributed by atoms with E-state index in [-0.39, 0.29) is 0 Å². The molecule has 0 bridgehead atoms. The molecule has 0 heterocycles. The third kappa shape index (κ3) is 3.16. The maximum atomic E-state index is 5.50. The first-order valence-electron chi connectivity index (χ1n) is 3.63. The van der Waals surface area contributed by atoms with Crippen molar-refractivity contribution in [3.8, 4) is 0 Å². The number of hydrogen-bond donors (Lipinski definition) is 0. The molecule has 0 saturated carbocycles. The molecule has 0 N–H and O–H groups in total. The zero-order valence-electron chi connectivity index (χ0n) is 6.75. The topological polar surface area (TPSA) is 0 Å². The summed E-state index contributed by atoms with van der Waals surface area (Å²) < 4.78 is 0.385. The van der Waals surface area contributed by atoms with Crippen LogP contribution in [-0.4, -0.2) is 4.32 Å². The lowest BCUT2D eigenvalue weighted by Gasteiger charge is -1.93. The fraction of sp³-hybridized carbons (Fsp3) is 0.100. The molecule has 0 nitrogen and oxygen atoms in total. The van der Waals surface area contributed by atoms with Crippen LogP contribution >= 0.6 is 23.8 Å². The van der Waals surface area contributed by atoms with Crippen molar-refractivity contribution in [2.45, 2.75) is 6.92 Å². The van der Waals surface area contributed by atoms with E-state index in [1.54, 1.807) is 6.08 Å². The molecule has 62 valence electrons. The smallest absolute Gasteiger partial charge is 0.0716 e. The second-order valence-electron chi connectivity index (χ2n) is 2.55. The van der Waals surface area contributed by atoms with Crippen LogP contribution in [0.3, 0.4) is 0 Å². The van der Waals surface area contributed by atoms with E-state index in [0.29, 0.717) is 4.32 Å². The lowest BCUT2D eigenvalue weighted by atomic mass is 10.1. The van der Waals surface area contributed by atoms with E-state index < -0.39 is 0 Å². The summed E-state index contributed by atoms with van der Waals surface area (Å²) in [5, 5.41) is 0. The first kappa shape index (κ1) is 9.43. The minimum absolute atomic E-state index is 0.385. The molecule has 0 spiro atoms. The standard InChI is InChI=1S/C10H9ClS/c1-8-2-4-9(5-3-8)6-7-10(11)12/h2-7H,1H3. The van der Waals surface area contributed by atoms with E-state index in [2.05, 4.69) is 19.1 Å². The predicted octanol–water partition coefficient (Wildman–Crippen LogP) is 3.57. The van der Waals surface area contributed by atoms with Crippen LogP contribution in [0.1, 0.15) is 11.1 Å². The summed E-state index contributed by atoms with van der Waals surface area (Å²) in [6.45, 7) is 2.06. The molecule has 0 saturated heterocycles. The van der Waals surface area contributed by atoms with E-state index in [1.165, 1.54) is 5.56 Å². The average molecular weight is 197 g/mol. The van der Waals surface area contributed by atoms with Gasteiger partial charge in [-0.3, -0.25) is 0 Å². The maximum Gasteiger partial charge on any atom is 0.103 e. The van der Waals surface area contributed by atoms with Gasteiger partial charge in [0.2, 0.25) is 0 Å². The third-order valence-electron chi connectivity index (χ3n) is 1.48. The summed E-state index contributed by atoms with van der Waals surface area (Å²) in [4.78, 5) is 0. The Morgan fingerprint density at radius 2 is 1.92 bits per heavy atom. The summed E-state index contributed by atoms with van der Waals surface area (Å²) in [6.07, 6.45) is 3.61. The van der Waals surface area contributed by atoms with E-state index >= 15 is 0 Å². The van der Waals surface area contributed by atoms with Gasteiger partial charge in [0.15, 0.2) is 0 Å². The first-order chi connectivity index (χ1) is 5.68. The summed E-state index contributed by atoms with van der Waals surface area (Å²) in [5.41, 5.74) is 2.37. The van der Waals surface area contributed by atoms with E-state index in [9.17, 15) is 0 Å². The van der Waals surface area contributed by atoms with Gasteiger partial charge < -0.3 is 0 Å². The third-order valence-corrected chi connectivity index (χ3v) is 1.75. The van der Waals surface area contributed by atoms with Gasteiger partial charge in [0.05, 0.1) is 0 Å². The van der Waals surface area contributed by atoms with Crippen molar-refractivity contribution in [2.24, 2.45) is 0 Å². The Hall–Kier alpha value is -0.660. The largest absolute Gasteiger partial charge is 0.103 e. The van der Waals surface area contributed by atoms with Crippen molar-refractivity contribution < 1.29 is 0 Å². The Balaban J connectivity index is 2.77. The van der Waals surface area contributed by atoms with Crippen LogP contribution in [0.15, 0.2) is 30.3 Å². The number of thiocarbonyl (C=S) groups is 1. The molecule has 0 radical (unpaired) electrons. The zero-order valence-corrected chi connectivity index (χ0v) is 8.32. The van der Waals surface area contributed by atoms with Crippen LogP contribution in [0.2, 0.25) is 0 Å². The number of benzene rings is 1. The van der Waals surface area contributed by atoms with Gasteiger partial charge >= 0.3 is 0 Å². The van der Waals surface area contributed by atoms with Crippen molar-refractivity contribution in [1.82, 2.24) is 0 Å². The maximum absolute atomic E-state index is 5.50. The van der Waals surface area contributed by atoms with Crippen LogP contribution in [-0.2, 0) is 0 Å². The van der Waals surface area contributed by atoms with Crippen LogP contribution in [0.25, 0.3) is 6.08 Å². The average Bonchev–Trinajstić information content (AvgIpc) is 2.03. The van der Waals surface area contributed by atoms with Crippen molar-refractivity contribution in [2.75, 3.05) is 0 Å². The molecule has 2 heteroatoms. The Bertz CT molecular complexity index is 298. The molecule has 1 aromatic rings. The summed E-state index contributed by atoms with van der Waals surface area (Å²) >= 11 is 10.2. The second kappa shape index (κ2) is 4.39. The van der Waals surface area contributed by atoms with E-state index in [0.717, 1.165) is 5.56 Å². The molecule has 0 aliphatic rings. The molecule has 1 aromatic carbocycles. The predicted molar refractivity (Wildman–Crippen MR) is 58.7 cm³/mol. The summed E-state index contributed by atoms with van der Waals surface area (Å²) in [5.74, 6) is 0. The second-order valence-corrected chi connectivity index (χ2v) is 3.62. The molecule has 0 aromatic heterocycles. The highest BCUT2D eigenvalue weighted by molar-refractivity contribution is 7.83. The number of rotatable bonds is 2. The SMILES string of the molecule is Cc1ccc(C=CC(=S)Cl)cc1. The van der Waals surface area contributed by atoms with E-state index in [4.69, 9.17) is 23.8 Å². The van der Waals surface area contributed by atoms with Gasteiger partial charge in [-0.05, 0) is 18.6 Å². The number of aryl methyl sites for hydroxylation is 1. The first-order valence-corrected chi connectivity index (χ1v) is 4.41. The monoisotopic (exact) mass is 196 g/mol. The Kier molecular flexibility index (Phi) is 3.45. The lowest BCUT2D eigenvalue weighted by Crippen LogP contribution is -1.75. The van der Waals surface area contributed by atoms with Crippen molar-refractivity contribution in [3.05, 3.63) is 41.5 Å². The molecular formula is C10H9ClS. The highest BCUT2D eigenvalue weighted by atomic mass is 35.5. The van der Waals surface area contributed by atoms with Gasteiger partial charge in [-0.25, -0.2) is 0 Å². The van der Waals surface area contributed by atoms with Crippen molar-refractivity contribution in [1.29, 1.82) is 0 Å². The molecule has 1 rings (SSSR count). The molecule has 0 aliphatic heterocycles. The number of halogens is 1. The quantitative estimate of drug-likeness (QED) is 0.396. The van der Waals surface area contributed by atoms with Crippen LogP contribution < -0.4 is 0 Å². The van der Waals surface area contributed by atoms with Crippen LogP contribution in [0.5, 0.6) is 0 Å². The number of allylic oxidation sites excluding steroid dienone is 1. The highest BCUT2D eigenvalue weighted by Crippen LogP contribution is 2.05. The van der Waals surface area contributed by atoms with Gasteiger partial charge in [-0.15, -0.1) is 0 Å². The minimum Gasteiger partial charge on any atom is -0.0716 e. The lowest BCUT2D eigenvalue weighted by molar-refractivity contribution is 1.46. The van der Waals surface area contributed by atoms with Gasteiger partial charge in [-0.1, -0.05) is 59.7 Å². The Morgan fingerprint density at radius 1 is 1.33 bits per heavy atom. The molecule has 0 amide bonds. The van der Waals surface area contributed by atoms with Crippen molar-refractivity contribution in [3.63, 3.8) is 0 Å². The Labute approximate surface area is 82.9 Å². The Morgan fingerprint density at radius 3 is 2.42 bits per heavy atom. The molecular weight excluding hydrogens is 188 g/mol. The molecule has 0 atom stereocenters. The van der Waals surface area contributed by atoms with Crippen LogP contribution in [0, 0.1) is 6.92 Å². The zero-order chi connectivity index (χ0) is 8.97. The fourth-order valence-electron chi connectivity index (χ4n) is 0.839. The van der Waals surface area contributed by atoms with E-state index in [1.807, 2.05) is 18.2 Å². The minimum atomic E-state index is 0.385. The molecule has 0 fully saturated rings. The van der Waals surface area contributed by atoms with Gasteiger partial charge in [0.25, 0.3) is 0 Å². The van der Waals surface area contributed by atoms with Crippen molar-refractivity contribution >= 4 is 34.2 Å². The highest BCUT2D eigenvalue weighted by Gasteiger charge is 1.86. The number of hydrogen-bond acceptors (Lipinski definition) is 1. The summed E-state index contributed by atoms with van der Waals surface area (Å²) in [7, 11) is 0. The molecule has 0 aliphatic carbocycles. The summed E-state index contributed by atoms with van der Waals surface area (Å²) in [6, 6.07) is 8.16. The fourth-order valence-corrected chi connectivity index (χ4v) is 0.970. The van der Waals surface area contributed by atoms with Gasteiger partial charge in [0.1, 0.15) is 4.32 Å². The molecule has 0 unspecified atom stereocenters. The van der Waals surface area contributed by atoms with Gasteiger partial charge in [-0.2, -0.15) is 0 Å². The van der Waals surface area contributed by atoms with Crippen LogP contribution in [0.4, 0.5) is 0 Å². The molecule has 12 heavy (non-hydrogen) atoms. The van der Waals surface area contributed by atoms with Gasteiger partial charge in [0, 0.05) is 0 Å². The normalized spacial score (nSPS) is 10.5.